The summed E-state index contributed by atoms with van der Waals surface area (Å²) >= 11 is 6.26. The maximum Gasteiger partial charge on any atom is 0.224 e. The molecular formula is C24H30ClN3O2. The molecule has 4 rings (SSSR count). The van der Waals surface area contributed by atoms with Gasteiger partial charge in [-0.15, -0.1) is 0 Å². The number of hydrogen-bond acceptors (Lipinski definition) is 4. The van der Waals surface area contributed by atoms with E-state index in [1.807, 2.05) is 16.8 Å². The van der Waals surface area contributed by atoms with Crippen LogP contribution in [0.2, 0.25) is 5.28 Å². The molecular weight excluding hydrogens is 398 g/mol. The van der Waals surface area contributed by atoms with Crippen LogP contribution in [-0.4, -0.2) is 34.9 Å². The maximum atomic E-state index is 6.26. The minimum atomic E-state index is 0.250. The average molecular weight is 428 g/mol. The third kappa shape index (κ3) is 4.79. The van der Waals surface area contributed by atoms with Gasteiger partial charge in [0, 0.05) is 30.8 Å². The first-order valence-corrected chi connectivity index (χ1v) is 11.3. The van der Waals surface area contributed by atoms with Crippen LogP contribution < -0.4 is 4.74 Å². The Labute approximate surface area is 183 Å². The van der Waals surface area contributed by atoms with Crippen molar-refractivity contribution < 1.29 is 9.47 Å². The predicted octanol–water partition coefficient (Wildman–Crippen LogP) is 6.06. The van der Waals surface area contributed by atoms with Crippen molar-refractivity contribution in [1.82, 2.24) is 14.5 Å². The topological polar surface area (TPSA) is 49.2 Å². The van der Waals surface area contributed by atoms with Crippen LogP contribution in [-0.2, 0) is 11.3 Å². The number of ether oxygens (including phenoxy) is 2. The summed E-state index contributed by atoms with van der Waals surface area (Å²) in [6.07, 6.45) is 10.0. The van der Waals surface area contributed by atoms with E-state index in [1.165, 1.54) is 32.1 Å². The minimum Gasteiger partial charge on any atom is -0.493 e. The third-order valence-electron chi connectivity index (χ3n) is 6.08. The predicted molar refractivity (Wildman–Crippen MR) is 121 cm³/mol. The highest BCUT2D eigenvalue weighted by Crippen LogP contribution is 2.32. The normalized spacial score (nSPS) is 15.0. The minimum absolute atomic E-state index is 0.250. The molecule has 0 spiro atoms. The first-order chi connectivity index (χ1) is 14.7. The second-order valence-corrected chi connectivity index (χ2v) is 8.54. The van der Waals surface area contributed by atoms with E-state index in [0.29, 0.717) is 6.61 Å². The molecule has 1 saturated carbocycles. The van der Waals surface area contributed by atoms with E-state index in [-0.39, 0.29) is 5.28 Å². The van der Waals surface area contributed by atoms with Crippen LogP contribution in [0.5, 0.6) is 5.75 Å². The van der Waals surface area contributed by atoms with Crippen molar-refractivity contribution in [3.8, 4) is 17.0 Å². The van der Waals surface area contributed by atoms with Crippen molar-refractivity contribution >= 4 is 22.6 Å². The van der Waals surface area contributed by atoms with E-state index in [4.69, 9.17) is 21.1 Å². The number of hydrogen-bond donors (Lipinski definition) is 0. The van der Waals surface area contributed by atoms with Crippen molar-refractivity contribution in [2.24, 2.45) is 5.92 Å². The first kappa shape index (κ1) is 21.1. The molecule has 0 atom stereocenters. The Hall–Kier alpha value is -2.11. The molecule has 160 valence electrons. The summed E-state index contributed by atoms with van der Waals surface area (Å²) in [5.41, 5.74) is 3.80. The largest absolute Gasteiger partial charge is 0.493 e. The van der Waals surface area contributed by atoms with E-state index in [2.05, 4.69) is 35.1 Å². The lowest BCUT2D eigenvalue weighted by atomic mass is 9.87. The summed E-state index contributed by atoms with van der Waals surface area (Å²) in [5.74, 6) is 1.78. The van der Waals surface area contributed by atoms with Gasteiger partial charge in [0.2, 0.25) is 5.28 Å². The van der Waals surface area contributed by atoms with Gasteiger partial charge in [-0.25, -0.2) is 4.98 Å². The lowest BCUT2D eigenvalue weighted by Gasteiger charge is -2.21. The first-order valence-electron chi connectivity index (χ1n) is 10.9. The molecule has 0 saturated heterocycles. The molecule has 2 heterocycles. The summed E-state index contributed by atoms with van der Waals surface area (Å²) in [4.78, 5) is 8.96. The van der Waals surface area contributed by atoms with Crippen LogP contribution in [0.15, 0.2) is 30.5 Å². The van der Waals surface area contributed by atoms with Gasteiger partial charge in [0.05, 0.1) is 18.9 Å². The molecule has 0 amide bonds. The van der Waals surface area contributed by atoms with Crippen molar-refractivity contribution in [3.05, 3.63) is 41.3 Å². The molecule has 3 aromatic rings. The smallest absolute Gasteiger partial charge is 0.224 e. The van der Waals surface area contributed by atoms with Gasteiger partial charge in [-0.1, -0.05) is 32.1 Å². The van der Waals surface area contributed by atoms with Gasteiger partial charge in [-0.05, 0) is 60.7 Å². The number of benzene rings is 1. The van der Waals surface area contributed by atoms with Gasteiger partial charge >= 0.3 is 0 Å². The van der Waals surface area contributed by atoms with Crippen molar-refractivity contribution in [3.63, 3.8) is 0 Å². The quantitative estimate of drug-likeness (QED) is 0.410. The summed E-state index contributed by atoms with van der Waals surface area (Å²) in [7, 11) is 1.70. The highest BCUT2D eigenvalue weighted by molar-refractivity contribution is 6.28. The second kappa shape index (κ2) is 9.80. The van der Waals surface area contributed by atoms with Crippen LogP contribution in [0.25, 0.3) is 22.3 Å². The van der Waals surface area contributed by atoms with Gasteiger partial charge in [0.15, 0.2) is 0 Å². The Balaban J connectivity index is 1.52. The third-order valence-corrected chi connectivity index (χ3v) is 6.25. The average Bonchev–Trinajstić information content (AvgIpc) is 3.16. The number of nitrogens with zero attached hydrogens (tertiary/aromatic N) is 3. The summed E-state index contributed by atoms with van der Waals surface area (Å²) in [5, 5.41) is 1.24. The molecule has 1 aliphatic rings. The Kier molecular flexibility index (Phi) is 6.90. The second-order valence-electron chi connectivity index (χ2n) is 8.20. The van der Waals surface area contributed by atoms with E-state index >= 15 is 0 Å². The monoisotopic (exact) mass is 427 g/mol. The lowest BCUT2D eigenvalue weighted by Crippen LogP contribution is -2.11. The van der Waals surface area contributed by atoms with Crippen LogP contribution >= 0.6 is 11.6 Å². The summed E-state index contributed by atoms with van der Waals surface area (Å²) in [6, 6.07) is 8.28. The van der Waals surface area contributed by atoms with E-state index < -0.39 is 0 Å². The number of aryl methyl sites for hydroxylation is 1. The van der Waals surface area contributed by atoms with Gasteiger partial charge in [-0.3, -0.25) is 0 Å². The van der Waals surface area contributed by atoms with E-state index in [1.54, 1.807) is 7.11 Å². The number of methoxy groups -OCH3 is 1. The highest BCUT2D eigenvalue weighted by Gasteiger charge is 2.15. The zero-order valence-corrected chi connectivity index (χ0v) is 18.6. The van der Waals surface area contributed by atoms with Crippen LogP contribution in [0.4, 0.5) is 0 Å². The molecule has 0 N–H and O–H groups in total. The van der Waals surface area contributed by atoms with Crippen molar-refractivity contribution in [1.29, 1.82) is 0 Å². The Bertz CT molecular complexity index is 996. The lowest BCUT2D eigenvalue weighted by molar-refractivity contribution is 0.188. The summed E-state index contributed by atoms with van der Waals surface area (Å²) in [6.45, 7) is 4.21. The maximum absolute atomic E-state index is 6.26. The van der Waals surface area contributed by atoms with Crippen LogP contribution in [0.3, 0.4) is 0 Å². The van der Waals surface area contributed by atoms with E-state index in [0.717, 1.165) is 59.1 Å². The Morgan fingerprint density at radius 2 is 1.93 bits per heavy atom. The molecule has 1 aliphatic carbocycles. The van der Waals surface area contributed by atoms with Gasteiger partial charge in [-0.2, -0.15) is 4.98 Å². The molecule has 0 radical (unpaired) electrons. The molecule has 1 aromatic carbocycles. The molecule has 1 fully saturated rings. The SMILES string of the molecule is COCCn1ccc2c(-c3ccc(OCCC4CCCCC4)c(C)c3)nc(Cl)nc21. The number of halogens is 1. The molecule has 0 aliphatic heterocycles. The van der Waals surface area contributed by atoms with Crippen molar-refractivity contribution in [2.45, 2.75) is 52.0 Å². The summed E-state index contributed by atoms with van der Waals surface area (Å²) < 4.78 is 13.4. The van der Waals surface area contributed by atoms with E-state index in [9.17, 15) is 0 Å². The Morgan fingerprint density at radius 3 is 2.70 bits per heavy atom. The van der Waals surface area contributed by atoms with Crippen molar-refractivity contribution in [2.75, 3.05) is 20.3 Å². The number of fused-ring (bicyclic) bond motifs is 1. The van der Waals surface area contributed by atoms with Crippen LogP contribution in [0.1, 0.15) is 44.1 Å². The highest BCUT2D eigenvalue weighted by atomic mass is 35.5. The Morgan fingerprint density at radius 1 is 1.10 bits per heavy atom. The molecule has 5 nitrogen and oxygen atoms in total. The molecule has 2 aromatic heterocycles. The van der Waals surface area contributed by atoms with Gasteiger partial charge < -0.3 is 14.0 Å². The van der Waals surface area contributed by atoms with Gasteiger partial charge in [0.1, 0.15) is 11.4 Å². The number of rotatable bonds is 8. The van der Waals surface area contributed by atoms with Crippen LogP contribution in [0, 0.1) is 12.8 Å². The number of aromatic nitrogens is 3. The molecule has 6 heteroatoms. The fourth-order valence-electron chi connectivity index (χ4n) is 4.40. The van der Waals surface area contributed by atoms with Gasteiger partial charge in [0.25, 0.3) is 0 Å². The standard InChI is InChI=1S/C24H30ClN3O2/c1-17-16-19(8-9-21(17)30-14-11-18-6-4-3-5-7-18)22-20-10-12-28(13-15-29-2)23(20)27-24(25)26-22/h8-10,12,16,18H,3-7,11,13-15H2,1-2H3. The molecule has 30 heavy (non-hydrogen) atoms. The molecule has 0 unspecified atom stereocenters. The molecule has 0 bridgehead atoms. The zero-order chi connectivity index (χ0) is 20.9. The fourth-order valence-corrected chi connectivity index (χ4v) is 4.56. The zero-order valence-electron chi connectivity index (χ0n) is 17.9. The fraction of sp³-hybridized carbons (Fsp3) is 0.500.